The second kappa shape index (κ2) is 8.93. The van der Waals surface area contributed by atoms with Gasteiger partial charge in [0.25, 0.3) is 5.56 Å². The lowest BCUT2D eigenvalue weighted by atomic mass is 10.1. The number of fused-ring (bicyclic) bond motifs is 2. The summed E-state index contributed by atoms with van der Waals surface area (Å²) in [6.07, 6.45) is 2.81. The first-order valence-electron chi connectivity index (χ1n) is 11.4. The predicted octanol–water partition coefficient (Wildman–Crippen LogP) is 5.12. The van der Waals surface area contributed by atoms with E-state index in [4.69, 9.17) is 9.72 Å². The summed E-state index contributed by atoms with van der Waals surface area (Å²) in [4.78, 5) is 27.3. The number of hydrogen-bond donors (Lipinski definition) is 2. The molecule has 0 unspecified atom stereocenters. The molecule has 0 fully saturated rings. The van der Waals surface area contributed by atoms with Crippen LogP contribution in [0.5, 0.6) is 5.75 Å². The second-order valence-corrected chi connectivity index (χ2v) is 9.49. The van der Waals surface area contributed by atoms with E-state index in [2.05, 4.69) is 39.3 Å². The van der Waals surface area contributed by atoms with Crippen molar-refractivity contribution >= 4 is 22.2 Å². The summed E-state index contributed by atoms with van der Waals surface area (Å²) in [6, 6.07) is 20.3. The SMILES string of the molecule is O=c1[nH]c(-c2cccs2)nc2c1CN(Cc1c[nH]c3cccc(OCc4ccccc4)c13)CC2. The molecule has 4 heterocycles. The van der Waals surface area contributed by atoms with Gasteiger partial charge in [-0.1, -0.05) is 42.5 Å². The Hall–Kier alpha value is -3.68. The maximum atomic E-state index is 12.9. The van der Waals surface area contributed by atoms with Crippen LogP contribution in [0.4, 0.5) is 0 Å². The molecule has 0 atom stereocenters. The lowest BCUT2D eigenvalue weighted by molar-refractivity contribution is 0.242. The van der Waals surface area contributed by atoms with Crippen LogP contribution < -0.4 is 10.3 Å². The largest absolute Gasteiger partial charge is 0.488 e. The van der Waals surface area contributed by atoms with Crippen LogP contribution in [0, 0.1) is 0 Å². The van der Waals surface area contributed by atoms with Crippen molar-refractivity contribution in [2.75, 3.05) is 6.54 Å². The number of benzene rings is 2. The molecule has 0 aliphatic carbocycles. The van der Waals surface area contributed by atoms with Gasteiger partial charge in [-0.15, -0.1) is 11.3 Å². The number of aromatic nitrogens is 3. The summed E-state index contributed by atoms with van der Waals surface area (Å²) in [7, 11) is 0. The fourth-order valence-electron chi connectivity index (χ4n) is 4.59. The van der Waals surface area contributed by atoms with E-state index in [1.807, 2.05) is 47.8 Å². The molecular formula is C27H24N4O2S. The summed E-state index contributed by atoms with van der Waals surface area (Å²) in [6.45, 7) is 2.70. The van der Waals surface area contributed by atoms with Crippen LogP contribution in [0.15, 0.2) is 77.0 Å². The van der Waals surface area contributed by atoms with Gasteiger partial charge in [-0.2, -0.15) is 0 Å². The average Bonchev–Trinajstić information content (AvgIpc) is 3.55. The zero-order chi connectivity index (χ0) is 22.9. The molecule has 0 saturated carbocycles. The van der Waals surface area contributed by atoms with E-state index in [-0.39, 0.29) is 5.56 Å². The fourth-order valence-corrected chi connectivity index (χ4v) is 5.26. The lowest BCUT2D eigenvalue weighted by Gasteiger charge is -2.27. The molecule has 2 N–H and O–H groups in total. The Morgan fingerprint density at radius 3 is 2.82 bits per heavy atom. The summed E-state index contributed by atoms with van der Waals surface area (Å²) < 4.78 is 6.21. The number of thiophene rings is 1. The Labute approximate surface area is 200 Å². The van der Waals surface area contributed by atoms with Crippen molar-refractivity contribution < 1.29 is 4.74 Å². The molecule has 0 radical (unpaired) electrons. The van der Waals surface area contributed by atoms with Gasteiger partial charge in [-0.05, 0) is 34.7 Å². The minimum absolute atomic E-state index is 0.0380. The molecule has 7 heteroatoms. The van der Waals surface area contributed by atoms with E-state index in [1.54, 1.807) is 11.3 Å². The molecule has 0 amide bonds. The van der Waals surface area contributed by atoms with E-state index in [0.29, 0.717) is 19.0 Å². The third kappa shape index (κ3) is 4.04. The molecule has 34 heavy (non-hydrogen) atoms. The highest BCUT2D eigenvalue weighted by molar-refractivity contribution is 7.13. The number of nitrogens with zero attached hydrogens (tertiary/aromatic N) is 2. The van der Waals surface area contributed by atoms with Crippen molar-refractivity contribution in [3.8, 4) is 16.5 Å². The molecule has 3 aromatic heterocycles. The van der Waals surface area contributed by atoms with Gasteiger partial charge in [-0.25, -0.2) is 4.98 Å². The number of rotatable bonds is 6. The monoisotopic (exact) mass is 468 g/mol. The molecule has 5 aromatic rings. The summed E-state index contributed by atoms with van der Waals surface area (Å²) in [5, 5.41) is 3.10. The Morgan fingerprint density at radius 2 is 1.97 bits per heavy atom. The van der Waals surface area contributed by atoms with Gasteiger partial charge in [0, 0.05) is 43.2 Å². The number of H-pyrrole nitrogens is 2. The molecular weight excluding hydrogens is 444 g/mol. The van der Waals surface area contributed by atoms with Gasteiger partial charge in [0.2, 0.25) is 0 Å². The topological polar surface area (TPSA) is 74.0 Å². The first kappa shape index (κ1) is 20.9. The quantitative estimate of drug-likeness (QED) is 0.363. The Morgan fingerprint density at radius 1 is 1.06 bits per heavy atom. The van der Waals surface area contributed by atoms with Crippen molar-refractivity contribution in [3.05, 3.63) is 105 Å². The van der Waals surface area contributed by atoms with Crippen LogP contribution in [-0.4, -0.2) is 26.4 Å². The van der Waals surface area contributed by atoms with Crippen molar-refractivity contribution in [2.24, 2.45) is 0 Å². The number of nitrogens with one attached hydrogen (secondary N) is 2. The number of aromatic amines is 2. The maximum Gasteiger partial charge on any atom is 0.255 e. The van der Waals surface area contributed by atoms with E-state index < -0.39 is 0 Å². The Kier molecular flexibility index (Phi) is 5.49. The van der Waals surface area contributed by atoms with Crippen LogP contribution >= 0.6 is 11.3 Å². The van der Waals surface area contributed by atoms with Crippen molar-refractivity contribution in [1.82, 2.24) is 19.9 Å². The van der Waals surface area contributed by atoms with Crippen LogP contribution in [0.25, 0.3) is 21.6 Å². The van der Waals surface area contributed by atoms with E-state index in [0.717, 1.165) is 57.9 Å². The minimum Gasteiger partial charge on any atom is -0.488 e. The first-order valence-corrected chi connectivity index (χ1v) is 12.3. The lowest BCUT2D eigenvalue weighted by Crippen LogP contribution is -2.35. The van der Waals surface area contributed by atoms with E-state index in [1.165, 1.54) is 5.56 Å². The van der Waals surface area contributed by atoms with E-state index in [9.17, 15) is 4.79 Å². The van der Waals surface area contributed by atoms with Crippen LogP contribution in [0.1, 0.15) is 22.4 Å². The van der Waals surface area contributed by atoms with Crippen LogP contribution in [0.2, 0.25) is 0 Å². The second-order valence-electron chi connectivity index (χ2n) is 8.54. The normalized spacial score (nSPS) is 13.8. The molecule has 6 rings (SSSR count). The van der Waals surface area contributed by atoms with E-state index >= 15 is 0 Å². The minimum atomic E-state index is -0.0380. The molecule has 2 aromatic carbocycles. The number of hydrogen-bond acceptors (Lipinski definition) is 5. The molecule has 0 spiro atoms. The van der Waals surface area contributed by atoms with Gasteiger partial charge in [0.1, 0.15) is 12.4 Å². The maximum absolute atomic E-state index is 12.9. The fraction of sp³-hybridized carbons (Fsp3) is 0.185. The van der Waals surface area contributed by atoms with Crippen LogP contribution in [-0.2, 0) is 26.1 Å². The predicted molar refractivity (Wildman–Crippen MR) is 135 cm³/mol. The van der Waals surface area contributed by atoms with Crippen molar-refractivity contribution in [2.45, 2.75) is 26.1 Å². The molecule has 170 valence electrons. The summed E-state index contributed by atoms with van der Waals surface area (Å²) >= 11 is 1.59. The van der Waals surface area contributed by atoms with Gasteiger partial charge < -0.3 is 14.7 Å². The molecule has 6 nitrogen and oxygen atoms in total. The van der Waals surface area contributed by atoms with Gasteiger partial charge in [0.15, 0.2) is 5.82 Å². The standard InChI is InChI=1S/C27H24N4O2S/c32-27-20-16-31(12-11-21(20)29-26(30-27)24-10-5-13-34-24)15-19-14-28-22-8-4-9-23(25(19)22)33-17-18-6-2-1-3-7-18/h1-10,13-14,28H,11-12,15-17H2,(H,29,30,32). The summed E-state index contributed by atoms with van der Waals surface area (Å²) in [5.41, 5.74) is 5.00. The highest BCUT2D eigenvalue weighted by Crippen LogP contribution is 2.31. The van der Waals surface area contributed by atoms with Crippen molar-refractivity contribution in [1.29, 1.82) is 0 Å². The molecule has 0 bridgehead atoms. The van der Waals surface area contributed by atoms with Crippen LogP contribution in [0.3, 0.4) is 0 Å². The Bertz CT molecular complexity index is 1490. The first-order chi connectivity index (χ1) is 16.7. The zero-order valence-corrected chi connectivity index (χ0v) is 19.4. The zero-order valence-electron chi connectivity index (χ0n) is 18.6. The highest BCUT2D eigenvalue weighted by atomic mass is 32.1. The number of ether oxygens (including phenoxy) is 1. The Balaban J connectivity index is 1.24. The van der Waals surface area contributed by atoms with Crippen molar-refractivity contribution in [3.63, 3.8) is 0 Å². The summed E-state index contributed by atoms with van der Waals surface area (Å²) in [5.74, 6) is 1.54. The highest BCUT2D eigenvalue weighted by Gasteiger charge is 2.23. The van der Waals surface area contributed by atoms with Gasteiger partial charge in [-0.3, -0.25) is 9.69 Å². The molecule has 1 aliphatic heterocycles. The van der Waals surface area contributed by atoms with Gasteiger partial charge >= 0.3 is 0 Å². The average molecular weight is 469 g/mol. The third-order valence-corrected chi connectivity index (χ3v) is 7.16. The molecule has 0 saturated heterocycles. The van der Waals surface area contributed by atoms with Gasteiger partial charge in [0.05, 0.1) is 16.1 Å². The smallest absolute Gasteiger partial charge is 0.255 e. The molecule has 1 aliphatic rings. The third-order valence-electron chi connectivity index (χ3n) is 6.28.